The Bertz CT molecular complexity index is 139. The van der Waals surface area contributed by atoms with Crippen molar-refractivity contribution >= 4 is 0 Å². The fraction of sp³-hybridized carbons (Fsp3) is 0.800. The summed E-state index contributed by atoms with van der Waals surface area (Å²) in [5.41, 5.74) is 0. The molecule has 0 N–H and O–H groups in total. The Kier molecular flexibility index (Phi) is 3.76. The van der Waals surface area contributed by atoms with Crippen LogP contribution < -0.4 is 0 Å². The standard InChI is InChI=1S/C10H20NO/c1-3-5-6-11(4-2)7-9-12-10-8-11/h4H,2-3,5-10H2,1H3/q+1. The summed E-state index contributed by atoms with van der Waals surface area (Å²) in [6.45, 7) is 11.4. The second kappa shape index (κ2) is 4.63. The highest BCUT2D eigenvalue weighted by Crippen LogP contribution is 2.13. The van der Waals surface area contributed by atoms with Gasteiger partial charge in [0, 0.05) is 0 Å². The predicted octanol–water partition coefficient (Wildman–Crippen LogP) is 1.78. The molecule has 70 valence electrons. The van der Waals surface area contributed by atoms with E-state index in [1.54, 1.807) is 0 Å². The van der Waals surface area contributed by atoms with Crippen molar-refractivity contribution in [3.63, 3.8) is 0 Å². The second-order valence-electron chi connectivity index (χ2n) is 3.54. The Hall–Kier alpha value is -0.340. The van der Waals surface area contributed by atoms with Gasteiger partial charge in [-0.2, -0.15) is 0 Å². The molecule has 0 unspecified atom stereocenters. The molecule has 0 amide bonds. The van der Waals surface area contributed by atoms with E-state index < -0.39 is 0 Å². The van der Waals surface area contributed by atoms with Crippen LogP contribution >= 0.6 is 0 Å². The SMILES string of the molecule is C=C[N+]1(CCCC)CCOCC1. The summed E-state index contributed by atoms with van der Waals surface area (Å²) in [5.74, 6) is 0. The number of quaternary nitrogens is 1. The molecular weight excluding hydrogens is 150 g/mol. The van der Waals surface area contributed by atoms with Crippen molar-refractivity contribution in [3.05, 3.63) is 12.8 Å². The quantitative estimate of drug-likeness (QED) is 0.584. The van der Waals surface area contributed by atoms with Gasteiger partial charge < -0.3 is 4.74 Å². The first-order chi connectivity index (χ1) is 5.83. The molecule has 0 saturated carbocycles. The lowest BCUT2D eigenvalue weighted by atomic mass is 10.2. The topological polar surface area (TPSA) is 9.23 Å². The van der Waals surface area contributed by atoms with Crippen LogP contribution in [-0.4, -0.2) is 37.3 Å². The van der Waals surface area contributed by atoms with Crippen molar-refractivity contribution in [1.82, 2.24) is 0 Å². The van der Waals surface area contributed by atoms with Gasteiger partial charge in [0.25, 0.3) is 0 Å². The zero-order valence-corrected chi connectivity index (χ0v) is 8.09. The smallest absolute Gasteiger partial charge is 0.107 e. The number of unbranched alkanes of at least 4 members (excludes halogenated alkanes) is 1. The first-order valence-electron chi connectivity index (χ1n) is 4.90. The van der Waals surface area contributed by atoms with E-state index in [1.807, 2.05) is 0 Å². The minimum absolute atomic E-state index is 0.899. The predicted molar refractivity (Wildman–Crippen MR) is 50.8 cm³/mol. The highest BCUT2D eigenvalue weighted by atomic mass is 16.5. The first-order valence-corrected chi connectivity index (χ1v) is 4.90. The molecule has 0 bridgehead atoms. The summed E-state index contributed by atoms with van der Waals surface area (Å²) in [7, 11) is 0. The summed E-state index contributed by atoms with van der Waals surface area (Å²) in [4.78, 5) is 0. The van der Waals surface area contributed by atoms with Gasteiger partial charge in [-0.25, -0.2) is 0 Å². The molecule has 0 aromatic rings. The zero-order valence-electron chi connectivity index (χ0n) is 8.09. The summed E-state index contributed by atoms with van der Waals surface area (Å²) in [6, 6.07) is 0. The Balaban J connectivity index is 2.42. The van der Waals surface area contributed by atoms with E-state index in [-0.39, 0.29) is 0 Å². The van der Waals surface area contributed by atoms with Crippen LogP contribution in [-0.2, 0) is 4.74 Å². The van der Waals surface area contributed by atoms with Crippen LogP contribution in [0.15, 0.2) is 12.8 Å². The van der Waals surface area contributed by atoms with E-state index in [0.29, 0.717) is 0 Å². The molecule has 1 heterocycles. The monoisotopic (exact) mass is 170 g/mol. The van der Waals surface area contributed by atoms with Gasteiger partial charge in [-0.15, -0.1) is 0 Å². The maximum Gasteiger partial charge on any atom is 0.107 e. The average Bonchev–Trinajstić information content (AvgIpc) is 2.16. The van der Waals surface area contributed by atoms with Gasteiger partial charge >= 0.3 is 0 Å². The normalized spacial score (nSPS) is 22.1. The van der Waals surface area contributed by atoms with Gasteiger partial charge in [0.2, 0.25) is 0 Å². The maximum absolute atomic E-state index is 5.34. The molecule has 0 atom stereocenters. The van der Waals surface area contributed by atoms with Crippen molar-refractivity contribution in [2.75, 3.05) is 32.8 Å². The average molecular weight is 170 g/mol. The maximum atomic E-state index is 5.34. The number of rotatable bonds is 4. The molecule has 1 aliphatic heterocycles. The van der Waals surface area contributed by atoms with Crippen LogP contribution in [0.25, 0.3) is 0 Å². The Morgan fingerprint density at radius 2 is 2.08 bits per heavy atom. The number of hydrogen-bond donors (Lipinski definition) is 0. The molecule has 1 aliphatic rings. The Labute approximate surface area is 75.4 Å². The van der Waals surface area contributed by atoms with Crippen molar-refractivity contribution < 1.29 is 9.22 Å². The Morgan fingerprint density at radius 3 is 2.58 bits per heavy atom. The molecule has 12 heavy (non-hydrogen) atoms. The molecule has 1 rings (SSSR count). The number of morpholine rings is 1. The molecule has 2 heteroatoms. The lowest BCUT2D eigenvalue weighted by Gasteiger charge is -2.37. The van der Waals surface area contributed by atoms with Crippen LogP contribution in [0.5, 0.6) is 0 Å². The minimum Gasteiger partial charge on any atom is -0.370 e. The van der Waals surface area contributed by atoms with E-state index >= 15 is 0 Å². The lowest BCUT2D eigenvalue weighted by molar-refractivity contribution is -0.887. The van der Waals surface area contributed by atoms with Crippen molar-refractivity contribution in [3.8, 4) is 0 Å². The molecule has 0 spiro atoms. The van der Waals surface area contributed by atoms with Crippen LogP contribution in [0.4, 0.5) is 0 Å². The van der Waals surface area contributed by atoms with E-state index in [4.69, 9.17) is 4.74 Å². The minimum atomic E-state index is 0.899. The van der Waals surface area contributed by atoms with Crippen molar-refractivity contribution in [2.45, 2.75) is 19.8 Å². The number of hydrogen-bond acceptors (Lipinski definition) is 1. The van der Waals surface area contributed by atoms with E-state index in [2.05, 4.69) is 19.7 Å². The van der Waals surface area contributed by atoms with E-state index in [0.717, 1.165) is 30.8 Å². The van der Waals surface area contributed by atoms with Gasteiger partial charge in [-0.1, -0.05) is 13.3 Å². The first kappa shape index (κ1) is 9.75. The van der Waals surface area contributed by atoms with Gasteiger partial charge in [0.15, 0.2) is 0 Å². The summed E-state index contributed by atoms with van der Waals surface area (Å²) >= 11 is 0. The van der Waals surface area contributed by atoms with Gasteiger partial charge in [-0.3, -0.25) is 4.48 Å². The number of nitrogens with zero attached hydrogens (tertiary/aromatic N) is 1. The molecular formula is C10H20NO+. The second-order valence-corrected chi connectivity index (χ2v) is 3.54. The van der Waals surface area contributed by atoms with Gasteiger partial charge in [0.05, 0.1) is 26.0 Å². The van der Waals surface area contributed by atoms with E-state index in [9.17, 15) is 0 Å². The highest BCUT2D eigenvalue weighted by Gasteiger charge is 2.26. The zero-order chi connectivity index (χ0) is 8.86. The third kappa shape index (κ3) is 2.32. The third-order valence-corrected chi connectivity index (χ3v) is 2.71. The summed E-state index contributed by atoms with van der Waals surface area (Å²) in [5, 5.41) is 0. The van der Waals surface area contributed by atoms with Crippen LogP contribution in [0.1, 0.15) is 19.8 Å². The largest absolute Gasteiger partial charge is 0.370 e. The molecule has 0 aromatic heterocycles. The van der Waals surface area contributed by atoms with Crippen molar-refractivity contribution in [2.24, 2.45) is 0 Å². The lowest BCUT2D eigenvalue weighted by Crippen LogP contribution is -2.51. The fourth-order valence-corrected chi connectivity index (χ4v) is 1.68. The molecule has 0 radical (unpaired) electrons. The molecule has 2 nitrogen and oxygen atoms in total. The number of ether oxygens (including phenoxy) is 1. The fourth-order valence-electron chi connectivity index (χ4n) is 1.68. The summed E-state index contributed by atoms with van der Waals surface area (Å²) in [6.07, 6.45) is 4.67. The third-order valence-electron chi connectivity index (χ3n) is 2.71. The van der Waals surface area contributed by atoms with Crippen LogP contribution in [0.3, 0.4) is 0 Å². The van der Waals surface area contributed by atoms with Crippen molar-refractivity contribution in [1.29, 1.82) is 0 Å². The summed E-state index contributed by atoms with van der Waals surface area (Å²) < 4.78 is 6.41. The van der Waals surface area contributed by atoms with Gasteiger partial charge in [0.1, 0.15) is 13.1 Å². The molecule has 1 fully saturated rings. The van der Waals surface area contributed by atoms with E-state index in [1.165, 1.54) is 19.4 Å². The van der Waals surface area contributed by atoms with Crippen LogP contribution in [0.2, 0.25) is 0 Å². The van der Waals surface area contributed by atoms with Gasteiger partial charge in [-0.05, 0) is 13.0 Å². The molecule has 0 aromatic carbocycles. The van der Waals surface area contributed by atoms with Crippen LogP contribution in [0, 0.1) is 0 Å². The Morgan fingerprint density at radius 1 is 1.42 bits per heavy atom. The molecule has 1 saturated heterocycles. The molecule has 0 aliphatic carbocycles. The highest BCUT2D eigenvalue weighted by molar-refractivity contribution is 4.61.